The third kappa shape index (κ3) is 2.97. The molecule has 2 aliphatic carbocycles. The molecule has 0 aromatic heterocycles. The molecule has 2 fully saturated rings. The maximum absolute atomic E-state index is 12.0. The van der Waals surface area contributed by atoms with Crippen LogP contribution < -0.4 is 11.1 Å². The largest absolute Gasteiger partial charge is 0.444 e. The van der Waals surface area contributed by atoms with Crippen molar-refractivity contribution in [2.75, 3.05) is 6.54 Å². The van der Waals surface area contributed by atoms with Crippen LogP contribution in [0.3, 0.4) is 0 Å². The van der Waals surface area contributed by atoms with Gasteiger partial charge in [0, 0.05) is 5.54 Å². The van der Waals surface area contributed by atoms with Crippen molar-refractivity contribution in [3.63, 3.8) is 0 Å². The number of alkyl carbamates (subject to hydrolysis) is 1. The first-order chi connectivity index (χ1) is 8.36. The summed E-state index contributed by atoms with van der Waals surface area (Å²) in [5.74, 6) is 1.16. The second-order valence-corrected chi connectivity index (χ2v) is 6.83. The van der Waals surface area contributed by atoms with Gasteiger partial charge in [-0.25, -0.2) is 4.79 Å². The first-order valence-corrected chi connectivity index (χ1v) is 7.07. The van der Waals surface area contributed by atoms with Crippen LogP contribution in [0.4, 0.5) is 4.79 Å². The highest BCUT2D eigenvalue weighted by Crippen LogP contribution is 2.52. The summed E-state index contributed by atoms with van der Waals surface area (Å²) < 4.78 is 5.39. The van der Waals surface area contributed by atoms with E-state index >= 15 is 0 Å². The standard InChI is InChI=1S/C14H26N2O2/c1-13(2,3)18-12(17)16-14(6-4-5-7-14)11-8-10(11)9-15/h10-11H,4-9,15H2,1-3H3,(H,16,17)/t10-,11+/m0/s1. The Morgan fingerprint density at radius 1 is 1.39 bits per heavy atom. The highest BCUT2D eigenvalue weighted by molar-refractivity contribution is 5.69. The van der Waals surface area contributed by atoms with Crippen molar-refractivity contribution in [2.45, 2.75) is 64.0 Å². The van der Waals surface area contributed by atoms with Gasteiger partial charge < -0.3 is 15.8 Å². The second kappa shape index (κ2) is 4.72. The summed E-state index contributed by atoms with van der Waals surface area (Å²) in [6, 6.07) is 0. The van der Waals surface area contributed by atoms with Gasteiger partial charge in [0.1, 0.15) is 5.60 Å². The molecule has 0 heterocycles. The molecule has 18 heavy (non-hydrogen) atoms. The average molecular weight is 254 g/mol. The normalized spacial score (nSPS) is 30.0. The molecule has 0 aliphatic heterocycles. The topological polar surface area (TPSA) is 64.3 Å². The Labute approximate surface area is 110 Å². The molecule has 0 aromatic rings. The lowest BCUT2D eigenvalue weighted by molar-refractivity contribution is 0.0437. The predicted molar refractivity (Wildman–Crippen MR) is 71.2 cm³/mol. The third-order valence-electron chi connectivity index (χ3n) is 4.18. The molecule has 3 N–H and O–H groups in total. The molecular formula is C14H26N2O2. The zero-order chi connectivity index (χ0) is 13.4. The van der Waals surface area contributed by atoms with Gasteiger partial charge in [-0.1, -0.05) is 12.8 Å². The van der Waals surface area contributed by atoms with Crippen LogP contribution in [0.15, 0.2) is 0 Å². The lowest BCUT2D eigenvalue weighted by Gasteiger charge is -2.32. The average Bonchev–Trinajstić information content (AvgIpc) is 2.90. The Bertz CT molecular complexity index is 316. The summed E-state index contributed by atoms with van der Waals surface area (Å²) >= 11 is 0. The highest BCUT2D eigenvalue weighted by atomic mass is 16.6. The summed E-state index contributed by atoms with van der Waals surface area (Å²) in [5.41, 5.74) is 5.27. The molecule has 0 spiro atoms. The third-order valence-corrected chi connectivity index (χ3v) is 4.18. The summed E-state index contributed by atoms with van der Waals surface area (Å²) in [7, 11) is 0. The monoisotopic (exact) mass is 254 g/mol. The molecule has 104 valence electrons. The number of amides is 1. The Balaban J connectivity index is 1.97. The van der Waals surface area contributed by atoms with Crippen LogP contribution in [0.2, 0.25) is 0 Å². The molecule has 0 radical (unpaired) electrons. The van der Waals surface area contributed by atoms with Crippen LogP contribution in [-0.4, -0.2) is 23.8 Å². The van der Waals surface area contributed by atoms with E-state index in [9.17, 15) is 4.79 Å². The molecule has 2 atom stereocenters. The Hall–Kier alpha value is -0.770. The van der Waals surface area contributed by atoms with E-state index in [2.05, 4.69) is 5.32 Å². The fourth-order valence-corrected chi connectivity index (χ4v) is 3.29. The predicted octanol–water partition coefficient (Wildman–Crippen LogP) is 2.42. The number of nitrogens with two attached hydrogens (primary N) is 1. The molecule has 0 aromatic carbocycles. The van der Waals surface area contributed by atoms with E-state index in [1.165, 1.54) is 12.8 Å². The molecule has 4 heteroatoms. The van der Waals surface area contributed by atoms with Crippen LogP contribution in [0.1, 0.15) is 52.9 Å². The van der Waals surface area contributed by atoms with Gasteiger partial charge in [-0.3, -0.25) is 0 Å². The van der Waals surface area contributed by atoms with E-state index in [1.54, 1.807) is 0 Å². The number of nitrogens with one attached hydrogen (secondary N) is 1. The summed E-state index contributed by atoms with van der Waals surface area (Å²) in [6.45, 7) is 6.43. The van der Waals surface area contributed by atoms with E-state index < -0.39 is 5.60 Å². The Morgan fingerprint density at radius 2 is 2.00 bits per heavy atom. The number of carbonyl (C=O) groups excluding carboxylic acids is 1. The first kappa shape index (κ1) is 13.7. The first-order valence-electron chi connectivity index (χ1n) is 7.07. The molecule has 1 amide bonds. The maximum Gasteiger partial charge on any atom is 0.408 e. The maximum atomic E-state index is 12.0. The van der Waals surface area contributed by atoms with Gasteiger partial charge in [0.05, 0.1) is 0 Å². The van der Waals surface area contributed by atoms with Gasteiger partial charge in [-0.05, 0) is 58.4 Å². The number of carbonyl (C=O) groups is 1. The van der Waals surface area contributed by atoms with Crippen molar-refractivity contribution in [1.82, 2.24) is 5.32 Å². The van der Waals surface area contributed by atoms with E-state index in [1.807, 2.05) is 20.8 Å². The minimum absolute atomic E-state index is 0.0353. The zero-order valence-electron chi connectivity index (χ0n) is 11.8. The van der Waals surface area contributed by atoms with Gasteiger partial charge in [0.15, 0.2) is 0 Å². The summed E-state index contributed by atoms with van der Waals surface area (Å²) in [5, 5.41) is 3.16. The van der Waals surface area contributed by atoms with Crippen LogP contribution in [0.25, 0.3) is 0 Å². The Morgan fingerprint density at radius 3 is 2.44 bits per heavy atom. The van der Waals surface area contributed by atoms with Crippen LogP contribution in [0.5, 0.6) is 0 Å². The van der Waals surface area contributed by atoms with Crippen molar-refractivity contribution in [3.05, 3.63) is 0 Å². The summed E-state index contributed by atoms with van der Waals surface area (Å²) in [6.07, 6.45) is 5.44. The second-order valence-electron chi connectivity index (χ2n) is 6.83. The van der Waals surface area contributed by atoms with Crippen LogP contribution >= 0.6 is 0 Å². The number of hydrogen-bond acceptors (Lipinski definition) is 3. The minimum Gasteiger partial charge on any atom is -0.444 e. The number of hydrogen-bond donors (Lipinski definition) is 2. The van der Waals surface area contributed by atoms with Crippen LogP contribution in [0, 0.1) is 11.8 Å². The fraction of sp³-hybridized carbons (Fsp3) is 0.929. The van der Waals surface area contributed by atoms with Gasteiger partial charge >= 0.3 is 6.09 Å². The van der Waals surface area contributed by atoms with Crippen molar-refractivity contribution in [3.8, 4) is 0 Å². The van der Waals surface area contributed by atoms with Crippen molar-refractivity contribution >= 4 is 6.09 Å². The minimum atomic E-state index is -0.430. The highest BCUT2D eigenvalue weighted by Gasteiger charge is 2.54. The van der Waals surface area contributed by atoms with Crippen molar-refractivity contribution in [2.24, 2.45) is 17.6 Å². The summed E-state index contributed by atoms with van der Waals surface area (Å²) in [4.78, 5) is 12.0. The fourth-order valence-electron chi connectivity index (χ4n) is 3.29. The SMILES string of the molecule is CC(C)(C)OC(=O)NC1([C@@H]2C[C@H]2CN)CCCC1. The smallest absolute Gasteiger partial charge is 0.408 e. The van der Waals surface area contributed by atoms with E-state index in [4.69, 9.17) is 10.5 Å². The molecule has 4 nitrogen and oxygen atoms in total. The van der Waals surface area contributed by atoms with E-state index in [0.29, 0.717) is 11.8 Å². The van der Waals surface area contributed by atoms with Crippen molar-refractivity contribution < 1.29 is 9.53 Å². The molecule has 0 bridgehead atoms. The lowest BCUT2D eigenvalue weighted by Crippen LogP contribution is -2.50. The molecule has 0 unspecified atom stereocenters. The van der Waals surface area contributed by atoms with Crippen LogP contribution in [-0.2, 0) is 4.74 Å². The number of rotatable bonds is 3. The zero-order valence-corrected chi connectivity index (χ0v) is 11.8. The van der Waals surface area contributed by atoms with Crippen molar-refractivity contribution in [1.29, 1.82) is 0 Å². The molecule has 0 saturated heterocycles. The van der Waals surface area contributed by atoms with Gasteiger partial charge in [-0.15, -0.1) is 0 Å². The van der Waals surface area contributed by atoms with E-state index in [-0.39, 0.29) is 11.6 Å². The number of ether oxygens (including phenoxy) is 1. The van der Waals surface area contributed by atoms with Gasteiger partial charge in [-0.2, -0.15) is 0 Å². The lowest BCUT2D eigenvalue weighted by atomic mass is 9.90. The molecule has 2 rings (SSSR count). The molecule has 2 aliphatic rings. The van der Waals surface area contributed by atoms with Gasteiger partial charge in [0.25, 0.3) is 0 Å². The molecular weight excluding hydrogens is 228 g/mol. The quantitative estimate of drug-likeness (QED) is 0.813. The molecule has 2 saturated carbocycles. The van der Waals surface area contributed by atoms with Gasteiger partial charge in [0.2, 0.25) is 0 Å². The Kier molecular flexibility index (Phi) is 3.58. The van der Waals surface area contributed by atoms with E-state index in [0.717, 1.165) is 25.8 Å².